The van der Waals surface area contributed by atoms with Crippen molar-refractivity contribution in [1.82, 2.24) is 15.0 Å². The molecule has 0 fully saturated rings. The van der Waals surface area contributed by atoms with Gasteiger partial charge in [-0.05, 0) is 56.1 Å². The van der Waals surface area contributed by atoms with Crippen LogP contribution in [0.5, 0.6) is 6.01 Å². The van der Waals surface area contributed by atoms with E-state index in [4.69, 9.17) is 16.3 Å². The topological polar surface area (TPSA) is 59.9 Å². The number of hydrogen-bond acceptors (Lipinski definition) is 5. The molecule has 0 aliphatic rings. The Labute approximate surface area is 130 Å². The highest BCUT2D eigenvalue weighted by Crippen LogP contribution is 2.22. The Morgan fingerprint density at radius 3 is 2.60 bits per heavy atom. The Kier molecular flexibility index (Phi) is 4.77. The Morgan fingerprint density at radius 2 is 1.95 bits per heavy atom. The second kappa shape index (κ2) is 6.37. The predicted octanol–water partition coefficient (Wildman–Crippen LogP) is 4.13. The number of halogens is 2. The van der Waals surface area contributed by atoms with Gasteiger partial charge in [-0.25, -0.2) is 0 Å². The van der Waals surface area contributed by atoms with E-state index in [0.717, 1.165) is 15.7 Å². The van der Waals surface area contributed by atoms with Crippen LogP contribution in [0.2, 0.25) is 5.28 Å². The lowest BCUT2D eigenvalue weighted by Crippen LogP contribution is -2.10. The van der Waals surface area contributed by atoms with Crippen LogP contribution in [0.4, 0.5) is 11.6 Å². The molecule has 1 aromatic carbocycles. The summed E-state index contributed by atoms with van der Waals surface area (Å²) >= 11 is 9.31. The van der Waals surface area contributed by atoms with Gasteiger partial charge in [0.25, 0.3) is 0 Å². The zero-order valence-electron chi connectivity index (χ0n) is 11.3. The lowest BCUT2D eigenvalue weighted by molar-refractivity contribution is 0.222. The molecule has 20 heavy (non-hydrogen) atoms. The van der Waals surface area contributed by atoms with E-state index in [-0.39, 0.29) is 17.4 Å². The largest absolute Gasteiger partial charge is 0.461 e. The summed E-state index contributed by atoms with van der Waals surface area (Å²) in [5.41, 5.74) is 1.97. The van der Waals surface area contributed by atoms with Crippen LogP contribution in [-0.2, 0) is 0 Å². The van der Waals surface area contributed by atoms with Crippen molar-refractivity contribution in [2.75, 3.05) is 5.32 Å². The molecule has 0 amide bonds. The molecule has 0 radical (unpaired) electrons. The number of ether oxygens (including phenoxy) is 1. The standard InChI is InChI=1S/C13H14BrClN4O/c1-7(2)20-13-18-11(15)17-12(19-13)16-10-5-8(3)4-9(14)6-10/h4-7H,1-3H3,(H,16,17,18,19). The number of nitrogens with one attached hydrogen (secondary N) is 1. The average Bonchev–Trinajstić information content (AvgIpc) is 2.24. The third-order valence-corrected chi connectivity index (χ3v) is 2.85. The van der Waals surface area contributed by atoms with Crippen LogP contribution in [0.15, 0.2) is 22.7 Å². The minimum absolute atomic E-state index is 0.0329. The number of anilines is 2. The fourth-order valence-electron chi connectivity index (χ4n) is 1.59. The summed E-state index contributed by atoms with van der Waals surface area (Å²) in [5.74, 6) is 0.346. The molecule has 7 heteroatoms. The highest BCUT2D eigenvalue weighted by atomic mass is 79.9. The second-order valence-corrected chi connectivity index (χ2v) is 5.77. The molecule has 1 aromatic heterocycles. The Bertz CT molecular complexity index is 601. The number of nitrogens with zero attached hydrogens (tertiary/aromatic N) is 3. The molecule has 0 aliphatic heterocycles. The van der Waals surface area contributed by atoms with Gasteiger partial charge in [0.1, 0.15) is 0 Å². The number of aromatic nitrogens is 3. The molecule has 0 unspecified atom stereocenters. The molecular weight excluding hydrogens is 344 g/mol. The third-order valence-electron chi connectivity index (χ3n) is 2.23. The van der Waals surface area contributed by atoms with Crippen LogP contribution in [-0.4, -0.2) is 21.1 Å². The molecule has 0 spiro atoms. The van der Waals surface area contributed by atoms with Crippen LogP contribution in [0.3, 0.4) is 0 Å². The molecule has 0 saturated carbocycles. The molecule has 1 N–H and O–H groups in total. The van der Waals surface area contributed by atoms with E-state index in [9.17, 15) is 0 Å². The minimum Gasteiger partial charge on any atom is -0.461 e. The number of hydrogen-bond donors (Lipinski definition) is 1. The van der Waals surface area contributed by atoms with Crippen molar-refractivity contribution in [3.05, 3.63) is 33.5 Å². The first-order valence-corrected chi connectivity index (χ1v) is 7.22. The van der Waals surface area contributed by atoms with Crippen LogP contribution in [0.1, 0.15) is 19.4 Å². The van der Waals surface area contributed by atoms with Gasteiger partial charge in [-0.1, -0.05) is 15.9 Å². The van der Waals surface area contributed by atoms with Gasteiger partial charge in [0.2, 0.25) is 11.2 Å². The minimum atomic E-state index is -0.0329. The molecule has 106 valence electrons. The van der Waals surface area contributed by atoms with Gasteiger partial charge in [-0.2, -0.15) is 15.0 Å². The normalized spacial score (nSPS) is 10.7. The quantitative estimate of drug-likeness (QED) is 0.891. The first kappa shape index (κ1) is 15.0. The summed E-state index contributed by atoms with van der Waals surface area (Å²) in [6, 6.07) is 6.12. The summed E-state index contributed by atoms with van der Waals surface area (Å²) in [4.78, 5) is 12.1. The summed E-state index contributed by atoms with van der Waals surface area (Å²) < 4.78 is 6.40. The van der Waals surface area contributed by atoms with Gasteiger partial charge in [-0.15, -0.1) is 0 Å². The number of aryl methyl sites for hydroxylation is 1. The van der Waals surface area contributed by atoms with Crippen molar-refractivity contribution >= 4 is 39.2 Å². The van der Waals surface area contributed by atoms with Crippen molar-refractivity contribution in [3.8, 4) is 6.01 Å². The van der Waals surface area contributed by atoms with Gasteiger partial charge in [-0.3, -0.25) is 0 Å². The van der Waals surface area contributed by atoms with E-state index in [2.05, 4.69) is 36.2 Å². The smallest absolute Gasteiger partial charge is 0.322 e. The van der Waals surface area contributed by atoms with Crippen LogP contribution >= 0.6 is 27.5 Å². The van der Waals surface area contributed by atoms with Gasteiger partial charge < -0.3 is 10.1 Å². The van der Waals surface area contributed by atoms with Crippen LogP contribution in [0, 0.1) is 6.92 Å². The van der Waals surface area contributed by atoms with Crippen molar-refractivity contribution in [2.24, 2.45) is 0 Å². The van der Waals surface area contributed by atoms with Gasteiger partial charge in [0.05, 0.1) is 6.10 Å². The SMILES string of the molecule is Cc1cc(Br)cc(Nc2nc(Cl)nc(OC(C)C)n2)c1. The maximum Gasteiger partial charge on any atom is 0.322 e. The first-order chi connectivity index (χ1) is 9.42. The van der Waals surface area contributed by atoms with Gasteiger partial charge in [0, 0.05) is 10.2 Å². The fraction of sp³-hybridized carbons (Fsp3) is 0.308. The van der Waals surface area contributed by atoms with Gasteiger partial charge >= 0.3 is 6.01 Å². The van der Waals surface area contributed by atoms with Crippen molar-refractivity contribution < 1.29 is 4.74 Å². The molecule has 0 atom stereocenters. The average molecular weight is 358 g/mol. The molecule has 0 aliphatic carbocycles. The number of rotatable bonds is 4. The Morgan fingerprint density at radius 1 is 1.20 bits per heavy atom. The first-order valence-electron chi connectivity index (χ1n) is 6.05. The van der Waals surface area contributed by atoms with E-state index in [1.54, 1.807) is 0 Å². The van der Waals surface area contributed by atoms with Crippen LogP contribution < -0.4 is 10.1 Å². The highest BCUT2D eigenvalue weighted by molar-refractivity contribution is 9.10. The van der Waals surface area contributed by atoms with Crippen molar-refractivity contribution in [1.29, 1.82) is 0 Å². The summed E-state index contributed by atoms with van der Waals surface area (Å²) in [6.45, 7) is 5.79. The monoisotopic (exact) mass is 356 g/mol. The molecule has 5 nitrogen and oxygen atoms in total. The lowest BCUT2D eigenvalue weighted by Gasteiger charge is -2.10. The summed E-state index contributed by atoms with van der Waals surface area (Å²) in [5, 5.41) is 3.17. The lowest BCUT2D eigenvalue weighted by atomic mass is 10.2. The predicted molar refractivity (Wildman–Crippen MR) is 82.8 cm³/mol. The van der Waals surface area contributed by atoms with E-state index in [0.29, 0.717) is 5.95 Å². The third kappa shape index (κ3) is 4.31. The summed E-state index contributed by atoms with van der Waals surface area (Å²) in [6.07, 6.45) is -0.0329. The Balaban J connectivity index is 2.26. The fourth-order valence-corrected chi connectivity index (χ4v) is 2.35. The highest BCUT2D eigenvalue weighted by Gasteiger charge is 2.08. The maximum absolute atomic E-state index is 5.87. The molecule has 1 heterocycles. The number of benzene rings is 1. The molecule has 0 bridgehead atoms. The van der Waals surface area contributed by atoms with E-state index in [1.807, 2.05) is 39.0 Å². The van der Waals surface area contributed by atoms with Crippen molar-refractivity contribution in [2.45, 2.75) is 26.9 Å². The molecule has 0 saturated heterocycles. The summed E-state index contributed by atoms with van der Waals surface area (Å²) in [7, 11) is 0. The maximum atomic E-state index is 5.87. The molecule has 2 aromatic rings. The molecule has 2 rings (SSSR count). The van der Waals surface area contributed by atoms with E-state index < -0.39 is 0 Å². The Hall–Kier alpha value is -1.40. The van der Waals surface area contributed by atoms with Crippen molar-refractivity contribution in [3.63, 3.8) is 0 Å². The van der Waals surface area contributed by atoms with E-state index >= 15 is 0 Å². The zero-order chi connectivity index (χ0) is 14.7. The van der Waals surface area contributed by atoms with Gasteiger partial charge in [0.15, 0.2) is 0 Å². The second-order valence-electron chi connectivity index (χ2n) is 4.52. The zero-order valence-corrected chi connectivity index (χ0v) is 13.7. The van der Waals surface area contributed by atoms with Crippen LogP contribution in [0.25, 0.3) is 0 Å². The molecular formula is C13H14BrClN4O. The van der Waals surface area contributed by atoms with E-state index in [1.165, 1.54) is 0 Å².